The molecule has 0 spiro atoms. The molecule has 0 saturated carbocycles. The van der Waals surface area contributed by atoms with Crippen LogP contribution in [-0.2, 0) is 6.61 Å². The fourth-order valence-electron chi connectivity index (χ4n) is 2.16. The molecule has 0 fully saturated rings. The Morgan fingerprint density at radius 2 is 1.30 bits per heavy atom. The number of aryl methyl sites for hydroxylation is 2. The molecule has 0 amide bonds. The molecule has 0 aliphatic heterocycles. The highest BCUT2D eigenvalue weighted by Crippen LogP contribution is 2.28. The number of hydrogen-bond acceptors (Lipinski definition) is 2. The highest BCUT2D eigenvalue weighted by molar-refractivity contribution is 5.47. The number of ether oxygens (including phenoxy) is 1. The van der Waals surface area contributed by atoms with Crippen molar-refractivity contribution in [2.24, 2.45) is 0 Å². The Balaban J connectivity index is 2.39. The Kier molecular flexibility index (Phi) is 4.55. The zero-order chi connectivity index (χ0) is 17.3. The molecule has 23 heavy (non-hydrogen) atoms. The van der Waals surface area contributed by atoms with Crippen molar-refractivity contribution in [1.29, 1.82) is 5.26 Å². The van der Waals surface area contributed by atoms with Crippen LogP contribution >= 0.6 is 0 Å². The third-order valence-corrected chi connectivity index (χ3v) is 3.25. The number of nitriles is 1. The van der Waals surface area contributed by atoms with Gasteiger partial charge in [0.15, 0.2) is 23.3 Å². The number of rotatable bonds is 3. The van der Waals surface area contributed by atoms with Gasteiger partial charge in [0.05, 0.1) is 17.2 Å². The summed E-state index contributed by atoms with van der Waals surface area (Å²) in [5, 5.41) is 8.84. The Morgan fingerprint density at radius 1 is 0.870 bits per heavy atom. The maximum Gasteiger partial charge on any atom is 0.200 e. The summed E-state index contributed by atoms with van der Waals surface area (Å²) < 4.78 is 71.6. The summed E-state index contributed by atoms with van der Waals surface area (Å²) in [6.45, 7) is 2.36. The normalized spacial score (nSPS) is 10.5. The minimum absolute atomic E-state index is 0.216. The van der Waals surface area contributed by atoms with Crippen molar-refractivity contribution in [3.8, 4) is 11.8 Å². The Morgan fingerprint density at radius 3 is 1.74 bits per heavy atom. The van der Waals surface area contributed by atoms with E-state index < -0.39 is 41.3 Å². The first-order valence-corrected chi connectivity index (χ1v) is 6.42. The van der Waals surface area contributed by atoms with E-state index in [0.717, 1.165) is 0 Å². The number of hydrogen-bond donors (Lipinski definition) is 0. The van der Waals surface area contributed by atoms with E-state index in [9.17, 15) is 22.0 Å². The van der Waals surface area contributed by atoms with Gasteiger partial charge >= 0.3 is 0 Å². The van der Waals surface area contributed by atoms with Crippen LogP contribution in [0.2, 0.25) is 0 Å². The average Bonchev–Trinajstić information content (AvgIpc) is 2.52. The van der Waals surface area contributed by atoms with Crippen molar-refractivity contribution in [2.75, 3.05) is 0 Å². The van der Waals surface area contributed by atoms with Gasteiger partial charge in [0.1, 0.15) is 12.4 Å². The molecular weight excluding hydrogens is 317 g/mol. The summed E-state index contributed by atoms with van der Waals surface area (Å²) in [5.74, 6) is -9.88. The zero-order valence-corrected chi connectivity index (χ0v) is 12.1. The summed E-state index contributed by atoms with van der Waals surface area (Å²) in [5.41, 5.74) is 0.323. The molecule has 120 valence electrons. The maximum absolute atomic E-state index is 13.6. The Hall–Kier alpha value is -2.62. The van der Waals surface area contributed by atoms with E-state index in [4.69, 9.17) is 10.00 Å². The fourth-order valence-corrected chi connectivity index (χ4v) is 2.16. The SMILES string of the molecule is Cc1cc(C#N)cc(C)c1OCc1c(F)c(F)c(F)c(F)c1F. The number of nitrogens with zero attached hydrogens (tertiary/aromatic N) is 1. The highest BCUT2D eigenvalue weighted by atomic mass is 19.2. The first-order valence-electron chi connectivity index (χ1n) is 6.42. The van der Waals surface area contributed by atoms with Crippen LogP contribution < -0.4 is 4.74 Å². The third kappa shape index (κ3) is 2.97. The van der Waals surface area contributed by atoms with Gasteiger partial charge in [0.25, 0.3) is 0 Å². The molecular formula is C16H10F5NO. The molecule has 0 unspecified atom stereocenters. The van der Waals surface area contributed by atoms with Crippen LogP contribution in [0.15, 0.2) is 12.1 Å². The second-order valence-corrected chi connectivity index (χ2v) is 4.89. The van der Waals surface area contributed by atoms with Gasteiger partial charge in [-0.3, -0.25) is 0 Å². The molecule has 0 saturated heterocycles. The molecule has 0 bridgehead atoms. The smallest absolute Gasteiger partial charge is 0.200 e. The molecule has 7 heteroatoms. The molecule has 2 aromatic rings. The second-order valence-electron chi connectivity index (χ2n) is 4.89. The Labute approximate surface area is 128 Å². The first kappa shape index (κ1) is 16.7. The Bertz CT molecular complexity index is 774. The minimum atomic E-state index is -2.21. The lowest BCUT2D eigenvalue weighted by Crippen LogP contribution is -2.10. The molecule has 0 N–H and O–H groups in total. The van der Waals surface area contributed by atoms with Crippen LogP contribution in [0, 0.1) is 54.3 Å². The van der Waals surface area contributed by atoms with Crippen LogP contribution in [0.5, 0.6) is 5.75 Å². The van der Waals surface area contributed by atoms with Gasteiger partial charge in [-0.2, -0.15) is 5.26 Å². The van der Waals surface area contributed by atoms with Crippen molar-refractivity contribution in [2.45, 2.75) is 20.5 Å². The predicted octanol–water partition coefficient (Wildman–Crippen LogP) is 4.45. The fraction of sp³-hybridized carbons (Fsp3) is 0.188. The summed E-state index contributed by atoms with van der Waals surface area (Å²) in [7, 11) is 0. The number of halogens is 5. The maximum atomic E-state index is 13.6. The summed E-state index contributed by atoms with van der Waals surface area (Å²) >= 11 is 0. The largest absolute Gasteiger partial charge is 0.488 e. The van der Waals surface area contributed by atoms with Gasteiger partial charge in [-0.15, -0.1) is 0 Å². The summed E-state index contributed by atoms with van der Waals surface area (Å²) in [6, 6.07) is 4.91. The summed E-state index contributed by atoms with van der Waals surface area (Å²) in [6.07, 6.45) is 0. The van der Waals surface area contributed by atoms with Crippen molar-refractivity contribution in [3.05, 3.63) is 63.5 Å². The van der Waals surface area contributed by atoms with Crippen molar-refractivity contribution in [1.82, 2.24) is 0 Å². The van der Waals surface area contributed by atoms with Gasteiger partial charge < -0.3 is 4.74 Å². The van der Waals surface area contributed by atoms with E-state index >= 15 is 0 Å². The van der Waals surface area contributed by atoms with E-state index in [2.05, 4.69) is 0 Å². The van der Waals surface area contributed by atoms with Crippen molar-refractivity contribution >= 4 is 0 Å². The molecule has 0 radical (unpaired) electrons. The van der Waals surface area contributed by atoms with Crippen LogP contribution in [-0.4, -0.2) is 0 Å². The molecule has 2 rings (SSSR count). The van der Waals surface area contributed by atoms with E-state index in [1.807, 2.05) is 6.07 Å². The van der Waals surface area contributed by atoms with Gasteiger partial charge in [-0.05, 0) is 37.1 Å². The van der Waals surface area contributed by atoms with Crippen molar-refractivity contribution in [3.63, 3.8) is 0 Å². The quantitative estimate of drug-likeness (QED) is 0.474. The minimum Gasteiger partial charge on any atom is -0.488 e. The highest BCUT2D eigenvalue weighted by Gasteiger charge is 2.26. The molecule has 0 atom stereocenters. The van der Waals surface area contributed by atoms with Gasteiger partial charge in [-0.1, -0.05) is 0 Å². The first-order chi connectivity index (χ1) is 10.8. The molecule has 0 aromatic heterocycles. The zero-order valence-electron chi connectivity index (χ0n) is 12.1. The van der Waals surface area contributed by atoms with Crippen LogP contribution in [0.4, 0.5) is 22.0 Å². The lowest BCUT2D eigenvalue weighted by Gasteiger charge is -2.14. The van der Waals surface area contributed by atoms with Gasteiger partial charge in [0.2, 0.25) is 5.82 Å². The van der Waals surface area contributed by atoms with Gasteiger partial charge in [-0.25, -0.2) is 22.0 Å². The van der Waals surface area contributed by atoms with E-state index in [1.165, 1.54) is 12.1 Å². The molecule has 0 heterocycles. The average molecular weight is 327 g/mol. The predicted molar refractivity (Wildman–Crippen MR) is 71.2 cm³/mol. The van der Waals surface area contributed by atoms with Crippen LogP contribution in [0.1, 0.15) is 22.3 Å². The van der Waals surface area contributed by atoms with E-state index in [1.54, 1.807) is 13.8 Å². The number of benzene rings is 2. The molecule has 2 nitrogen and oxygen atoms in total. The van der Waals surface area contributed by atoms with Crippen LogP contribution in [0.3, 0.4) is 0 Å². The molecule has 0 aliphatic carbocycles. The topological polar surface area (TPSA) is 33.0 Å². The van der Waals surface area contributed by atoms with Crippen molar-refractivity contribution < 1.29 is 26.7 Å². The molecule has 0 aliphatic rings. The van der Waals surface area contributed by atoms with E-state index in [-0.39, 0.29) is 5.75 Å². The van der Waals surface area contributed by atoms with Gasteiger partial charge in [0, 0.05) is 0 Å². The monoisotopic (exact) mass is 327 g/mol. The van der Waals surface area contributed by atoms with E-state index in [0.29, 0.717) is 16.7 Å². The second kappa shape index (κ2) is 6.24. The standard InChI is InChI=1S/C16H10F5NO/c1-7-3-9(5-22)4-8(2)16(7)23-6-10-11(17)13(19)15(21)14(20)12(10)18/h3-4H,6H2,1-2H3. The third-order valence-electron chi connectivity index (χ3n) is 3.25. The van der Waals surface area contributed by atoms with Crippen LogP contribution in [0.25, 0.3) is 0 Å². The lowest BCUT2D eigenvalue weighted by molar-refractivity contribution is 0.276. The summed E-state index contributed by atoms with van der Waals surface area (Å²) in [4.78, 5) is 0. The lowest BCUT2D eigenvalue weighted by atomic mass is 10.1. The molecule has 2 aromatic carbocycles.